The molecule has 0 radical (unpaired) electrons. The number of hydrogen-bond donors (Lipinski definition) is 3. The van der Waals surface area contributed by atoms with Crippen LogP contribution < -0.4 is 11.1 Å². The first kappa shape index (κ1) is 14.5. The lowest BCUT2D eigenvalue weighted by Crippen LogP contribution is -2.26. The third-order valence-corrected chi connectivity index (χ3v) is 3.77. The van der Waals surface area contributed by atoms with E-state index >= 15 is 0 Å². The Morgan fingerprint density at radius 2 is 2.35 bits per heavy atom. The van der Waals surface area contributed by atoms with Crippen LogP contribution in [0.3, 0.4) is 0 Å². The van der Waals surface area contributed by atoms with Crippen LogP contribution in [0, 0.1) is 0 Å². The molecule has 2 rings (SSSR count). The Labute approximate surface area is 121 Å². The molecule has 1 heterocycles. The van der Waals surface area contributed by atoms with E-state index in [1.807, 2.05) is 13.0 Å². The van der Waals surface area contributed by atoms with Crippen LogP contribution in [0.1, 0.15) is 34.0 Å². The quantitative estimate of drug-likeness (QED) is 0.784. The van der Waals surface area contributed by atoms with Gasteiger partial charge in [0, 0.05) is 11.8 Å². The highest BCUT2D eigenvalue weighted by molar-refractivity contribution is 7.09. The fraction of sp³-hybridized carbons (Fsp3) is 0.286. The van der Waals surface area contributed by atoms with Crippen molar-refractivity contribution in [2.45, 2.75) is 19.4 Å². The largest absolute Gasteiger partial charge is 0.508 e. The molecule has 5 nitrogen and oxygen atoms in total. The third-order valence-electron chi connectivity index (χ3n) is 2.86. The van der Waals surface area contributed by atoms with Gasteiger partial charge in [-0.25, -0.2) is 4.98 Å². The molecule has 0 aliphatic heterocycles. The van der Waals surface area contributed by atoms with Crippen molar-refractivity contribution in [1.29, 1.82) is 0 Å². The summed E-state index contributed by atoms with van der Waals surface area (Å²) in [6, 6.07) is 6.62. The maximum absolute atomic E-state index is 12.1. The number of rotatable bonds is 5. The maximum Gasteiger partial charge on any atom is 0.271 e. The fourth-order valence-electron chi connectivity index (χ4n) is 1.80. The summed E-state index contributed by atoms with van der Waals surface area (Å²) >= 11 is 1.44. The van der Waals surface area contributed by atoms with E-state index in [9.17, 15) is 9.90 Å². The number of amides is 1. The van der Waals surface area contributed by atoms with Crippen molar-refractivity contribution in [3.05, 3.63) is 45.9 Å². The Kier molecular flexibility index (Phi) is 4.70. The Bertz CT molecular complexity index is 598. The number of carbonyl (C=O) groups is 1. The normalized spacial score (nSPS) is 12.1. The summed E-state index contributed by atoms with van der Waals surface area (Å²) in [6.45, 7) is 2.38. The average Bonchev–Trinajstić information content (AvgIpc) is 2.88. The minimum atomic E-state index is -0.222. The number of carbonyl (C=O) groups excluding carboxylic acids is 1. The summed E-state index contributed by atoms with van der Waals surface area (Å²) in [5, 5.41) is 14.9. The third kappa shape index (κ3) is 3.55. The number of hydrogen-bond acceptors (Lipinski definition) is 5. The van der Waals surface area contributed by atoms with Crippen molar-refractivity contribution in [2.24, 2.45) is 5.73 Å². The van der Waals surface area contributed by atoms with Crippen LogP contribution >= 0.6 is 11.3 Å². The van der Waals surface area contributed by atoms with Gasteiger partial charge in [0.05, 0.1) is 11.0 Å². The highest BCUT2D eigenvalue weighted by atomic mass is 32.1. The van der Waals surface area contributed by atoms with Gasteiger partial charge in [0.1, 0.15) is 11.4 Å². The fourth-order valence-corrected chi connectivity index (χ4v) is 2.60. The highest BCUT2D eigenvalue weighted by Crippen LogP contribution is 2.18. The van der Waals surface area contributed by atoms with Crippen molar-refractivity contribution < 1.29 is 9.90 Å². The van der Waals surface area contributed by atoms with E-state index in [2.05, 4.69) is 10.3 Å². The van der Waals surface area contributed by atoms with E-state index in [-0.39, 0.29) is 17.7 Å². The number of thiazole rings is 1. The summed E-state index contributed by atoms with van der Waals surface area (Å²) in [7, 11) is 0. The van der Waals surface area contributed by atoms with E-state index in [0.29, 0.717) is 18.7 Å². The Balaban J connectivity index is 2.03. The molecule has 1 aromatic carbocycles. The average molecular weight is 291 g/mol. The summed E-state index contributed by atoms with van der Waals surface area (Å²) in [5.41, 5.74) is 6.71. The molecular weight excluding hydrogens is 274 g/mol. The van der Waals surface area contributed by atoms with Gasteiger partial charge in [-0.2, -0.15) is 0 Å². The summed E-state index contributed by atoms with van der Waals surface area (Å²) in [5.74, 6) is -0.0390. The first-order chi connectivity index (χ1) is 9.60. The van der Waals surface area contributed by atoms with Gasteiger partial charge in [0.2, 0.25) is 0 Å². The molecule has 2 aromatic rings. The molecule has 0 fully saturated rings. The highest BCUT2D eigenvalue weighted by Gasteiger charge is 2.14. The van der Waals surface area contributed by atoms with Gasteiger partial charge in [-0.1, -0.05) is 12.1 Å². The van der Waals surface area contributed by atoms with Gasteiger partial charge in [-0.05, 0) is 31.2 Å². The number of phenols is 1. The molecule has 0 aliphatic rings. The second kappa shape index (κ2) is 6.49. The zero-order chi connectivity index (χ0) is 14.5. The van der Waals surface area contributed by atoms with Crippen molar-refractivity contribution in [3.63, 3.8) is 0 Å². The lowest BCUT2D eigenvalue weighted by atomic mass is 10.1. The number of nitrogens with two attached hydrogens (primary N) is 1. The molecular formula is C14H17N3O2S. The van der Waals surface area contributed by atoms with Crippen LogP contribution in [0.25, 0.3) is 0 Å². The van der Waals surface area contributed by atoms with Crippen molar-refractivity contribution in [1.82, 2.24) is 10.3 Å². The van der Waals surface area contributed by atoms with Gasteiger partial charge in [0.15, 0.2) is 0 Å². The van der Waals surface area contributed by atoms with E-state index < -0.39 is 0 Å². The van der Waals surface area contributed by atoms with Gasteiger partial charge < -0.3 is 16.2 Å². The van der Waals surface area contributed by atoms with Crippen LogP contribution in [-0.2, 0) is 6.42 Å². The number of aromatic hydroxyl groups is 1. The van der Waals surface area contributed by atoms with E-state index in [4.69, 9.17) is 5.73 Å². The molecule has 0 bridgehead atoms. The van der Waals surface area contributed by atoms with Crippen molar-refractivity contribution >= 4 is 17.2 Å². The zero-order valence-corrected chi connectivity index (χ0v) is 12.0. The van der Waals surface area contributed by atoms with Gasteiger partial charge in [-0.3, -0.25) is 4.79 Å². The molecule has 1 unspecified atom stereocenters. The van der Waals surface area contributed by atoms with Gasteiger partial charge in [-0.15, -0.1) is 11.3 Å². The lowest BCUT2D eigenvalue weighted by Gasteiger charge is -2.13. The minimum absolute atomic E-state index is 0.183. The molecule has 0 saturated carbocycles. The molecule has 106 valence electrons. The molecule has 0 spiro atoms. The van der Waals surface area contributed by atoms with E-state index in [1.165, 1.54) is 11.3 Å². The van der Waals surface area contributed by atoms with E-state index in [0.717, 1.165) is 10.6 Å². The van der Waals surface area contributed by atoms with Crippen LogP contribution in [-0.4, -0.2) is 22.5 Å². The zero-order valence-electron chi connectivity index (χ0n) is 11.2. The second-order valence-electron chi connectivity index (χ2n) is 4.46. The molecule has 1 aromatic heterocycles. The predicted octanol–water partition coefficient (Wildman–Crippen LogP) is 1.84. The molecule has 4 N–H and O–H groups in total. The number of aromatic nitrogens is 1. The molecule has 1 atom stereocenters. The van der Waals surface area contributed by atoms with Crippen molar-refractivity contribution in [3.8, 4) is 5.75 Å². The maximum atomic E-state index is 12.1. The Morgan fingerprint density at radius 1 is 1.55 bits per heavy atom. The van der Waals surface area contributed by atoms with Crippen LogP contribution in [0.15, 0.2) is 29.6 Å². The molecule has 0 aliphatic carbocycles. The number of benzene rings is 1. The van der Waals surface area contributed by atoms with Crippen LogP contribution in [0.5, 0.6) is 5.75 Å². The second-order valence-corrected chi connectivity index (χ2v) is 5.40. The van der Waals surface area contributed by atoms with Gasteiger partial charge >= 0.3 is 0 Å². The topological polar surface area (TPSA) is 88.2 Å². The number of nitrogens with one attached hydrogen (secondary N) is 1. The molecule has 1 amide bonds. The predicted molar refractivity (Wildman–Crippen MR) is 78.9 cm³/mol. The number of nitrogens with zero attached hydrogens (tertiary/aromatic N) is 1. The summed E-state index contributed by atoms with van der Waals surface area (Å²) in [6.07, 6.45) is 0.681. The smallest absolute Gasteiger partial charge is 0.271 e. The van der Waals surface area contributed by atoms with Crippen LogP contribution in [0.4, 0.5) is 0 Å². The minimum Gasteiger partial charge on any atom is -0.508 e. The first-order valence-corrected chi connectivity index (χ1v) is 7.22. The molecule has 20 heavy (non-hydrogen) atoms. The molecule has 6 heteroatoms. The first-order valence-electron chi connectivity index (χ1n) is 6.34. The monoisotopic (exact) mass is 291 g/mol. The Hall–Kier alpha value is -1.92. The van der Waals surface area contributed by atoms with E-state index in [1.54, 1.807) is 23.6 Å². The summed E-state index contributed by atoms with van der Waals surface area (Å²) in [4.78, 5) is 16.3. The van der Waals surface area contributed by atoms with Gasteiger partial charge in [0.25, 0.3) is 5.91 Å². The standard InChI is InChI=1S/C14H17N3O2S/c1-9(10-3-2-4-11(18)7-10)16-14(19)12-8-20-13(17-12)5-6-15/h2-4,7-9,18H,5-6,15H2,1H3,(H,16,19). The SMILES string of the molecule is CC(NC(=O)c1csc(CCN)n1)c1cccc(O)c1. The molecule has 0 saturated heterocycles. The Morgan fingerprint density at radius 3 is 3.05 bits per heavy atom. The lowest BCUT2D eigenvalue weighted by molar-refractivity contribution is 0.0935. The number of phenolic OH excluding ortho intramolecular Hbond substituents is 1. The van der Waals surface area contributed by atoms with Crippen LogP contribution in [0.2, 0.25) is 0 Å². The summed E-state index contributed by atoms with van der Waals surface area (Å²) < 4.78 is 0. The van der Waals surface area contributed by atoms with Crippen molar-refractivity contribution in [2.75, 3.05) is 6.54 Å².